The second-order valence-electron chi connectivity index (χ2n) is 25.0. The highest BCUT2D eigenvalue weighted by molar-refractivity contribution is 7.47. The molecule has 1 amide bonds. The van der Waals surface area contributed by atoms with Crippen molar-refractivity contribution in [3.8, 4) is 0 Å². The molecule has 3 atom stereocenters. The number of unbranched alkanes of at least 4 members (excludes halogenated alkanes) is 38. The first kappa shape index (κ1) is 80.5. The molecule has 0 aromatic heterocycles. The third kappa shape index (κ3) is 63.8. The zero-order valence-corrected chi connectivity index (χ0v) is 56.3. The van der Waals surface area contributed by atoms with Gasteiger partial charge in [-0.05, 0) is 102 Å². The zero-order valence-electron chi connectivity index (χ0n) is 55.4. The van der Waals surface area contributed by atoms with Gasteiger partial charge in [0.2, 0.25) is 5.91 Å². The molecule has 0 aromatic rings. The average molecular weight is 1180 g/mol. The van der Waals surface area contributed by atoms with Crippen LogP contribution in [0.2, 0.25) is 0 Å². The van der Waals surface area contributed by atoms with E-state index in [2.05, 4.69) is 86.8 Å². The molecule has 0 aromatic carbocycles. The Bertz CT molecular complexity index is 1650. The largest absolute Gasteiger partial charge is 0.472 e. The second-order valence-corrected chi connectivity index (χ2v) is 26.5. The van der Waals surface area contributed by atoms with E-state index >= 15 is 0 Å². The molecule has 2 N–H and O–H groups in total. The number of carbonyl (C=O) groups excluding carboxylic acids is 2. The molecule has 83 heavy (non-hydrogen) atoms. The maximum absolute atomic E-state index is 13.6. The van der Waals surface area contributed by atoms with Gasteiger partial charge in [0.15, 0.2) is 0 Å². The van der Waals surface area contributed by atoms with E-state index in [-0.39, 0.29) is 31.5 Å². The summed E-state index contributed by atoms with van der Waals surface area (Å²) in [6.07, 6.45) is 81.9. The Labute approximate surface area is 514 Å². The number of nitrogens with one attached hydrogen (secondary N) is 1. The van der Waals surface area contributed by atoms with E-state index < -0.39 is 20.0 Å². The van der Waals surface area contributed by atoms with E-state index in [4.69, 9.17) is 13.8 Å². The first-order valence-electron chi connectivity index (χ1n) is 35.3. The molecule has 0 rings (SSSR count). The molecule has 0 spiro atoms. The summed E-state index contributed by atoms with van der Waals surface area (Å²) in [6, 6.07) is -0.854. The van der Waals surface area contributed by atoms with Crippen LogP contribution in [-0.2, 0) is 27.9 Å². The Morgan fingerprint density at radius 1 is 0.422 bits per heavy atom. The van der Waals surface area contributed by atoms with Crippen LogP contribution < -0.4 is 5.32 Å². The molecule has 0 saturated heterocycles. The lowest BCUT2D eigenvalue weighted by Gasteiger charge is -2.27. The van der Waals surface area contributed by atoms with Gasteiger partial charge in [0, 0.05) is 12.8 Å². The van der Waals surface area contributed by atoms with E-state index in [1.807, 2.05) is 33.3 Å². The third-order valence-electron chi connectivity index (χ3n) is 15.6. The van der Waals surface area contributed by atoms with Crippen LogP contribution in [0.1, 0.15) is 329 Å². The maximum atomic E-state index is 13.6. The van der Waals surface area contributed by atoms with Crippen molar-refractivity contribution in [3.05, 3.63) is 72.9 Å². The van der Waals surface area contributed by atoms with Crippen molar-refractivity contribution in [2.24, 2.45) is 0 Å². The molecule has 484 valence electrons. The number of quaternary nitrogens is 1. The monoisotopic (exact) mass is 1180 g/mol. The standard InChI is InChI=1S/C73H135N2O7P/c1-7-10-13-16-19-22-25-28-30-32-33-34-35-36-37-38-39-40-41-43-44-47-50-53-56-59-62-65-72(76)74-70(69-81-83(78,79)80-68-67-75(4,5)6)71(64-61-58-55-52-49-46-27-24-21-18-15-12-9-3)82-73(77)66-63-60-57-54-51-48-45-42-31-29-26-23-20-17-14-11-8-2/h19,22,28-31,33-34,36-37,61,64,70-71H,7-18,20-21,23-27,32,35,38-60,62-63,65-69H2,1-6H3,(H-,74,76,78,79)/p+1/b22-19-,30-28-,31-29+,34-33-,37-36-,64-61-. The van der Waals surface area contributed by atoms with Gasteiger partial charge in [-0.25, -0.2) is 4.57 Å². The Kier molecular flexibility index (Phi) is 60.6. The van der Waals surface area contributed by atoms with Gasteiger partial charge in [-0.2, -0.15) is 0 Å². The molecule has 9 nitrogen and oxygen atoms in total. The van der Waals surface area contributed by atoms with Crippen molar-refractivity contribution in [1.29, 1.82) is 0 Å². The number of likely N-dealkylation sites (N-methyl/N-ethyl adjacent to an activating group) is 1. The summed E-state index contributed by atoms with van der Waals surface area (Å²) in [5, 5.41) is 3.07. The number of nitrogens with zero attached hydrogens (tertiary/aromatic N) is 1. The minimum atomic E-state index is -4.46. The van der Waals surface area contributed by atoms with Gasteiger partial charge >= 0.3 is 13.8 Å². The first-order valence-corrected chi connectivity index (χ1v) is 36.8. The van der Waals surface area contributed by atoms with E-state index in [1.54, 1.807) is 0 Å². The van der Waals surface area contributed by atoms with Gasteiger partial charge in [-0.1, -0.05) is 287 Å². The molecule has 0 aliphatic rings. The van der Waals surface area contributed by atoms with Crippen LogP contribution in [-0.4, -0.2) is 74.3 Å². The highest BCUT2D eigenvalue weighted by Crippen LogP contribution is 2.43. The SMILES string of the molecule is CCCCC/C=C\C/C=C\C/C=C\C/C=C\CCCCCCCCCCCCCC(=O)NC(COP(=O)(O)OCC[N+](C)(C)C)C(/C=C\CCCCCCCCCCCCC)OC(=O)CCCCCCCCC/C=C/CCCCCCCC. The van der Waals surface area contributed by atoms with Crippen LogP contribution in [0, 0.1) is 0 Å². The lowest BCUT2D eigenvalue weighted by molar-refractivity contribution is -0.870. The number of phosphoric acid groups is 1. The molecule has 0 bridgehead atoms. The number of ether oxygens (including phenoxy) is 1. The quantitative estimate of drug-likeness (QED) is 0.0205. The highest BCUT2D eigenvalue weighted by atomic mass is 31.2. The molecule has 10 heteroatoms. The number of hydrogen-bond donors (Lipinski definition) is 2. The summed E-state index contributed by atoms with van der Waals surface area (Å²) in [6.45, 7) is 7.01. The Balaban J connectivity index is 5.09. The lowest BCUT2D eigenvalue weighted by atomic mass is 10.0. The van der Waals surface area contributed by atoms with Crippen molar-refractivity contribution in [1.82, 2.24) is 5.32 Å². The van der Waals surface area contributed by atoms with Crippen molar-refractivity contribution < 1.29 is 37.3 Å². The van der Waals surface area contributed by atoms with Crippen molar-refractivity contribution in [2.75, 3.05) is 40.9 Å². The average Bonchev–Trinajstić information content (AvgIpc) is 3.47. The van der Waals surface area contributed by atoms with Crippen LogP contribution in [0.3, 0.4) is 0 Å². The predicted molar refractivity (Wildman–Crippen MR) is 360 cm³/mol. The topological polar surface area (TPSA) is 111 Å². The molecule has 0 radical (unpaired) electrons. The van der Waals surface area contributed by atoms with Crippen molar-refractivity contribution >= 4 is 19.7 Å². The second kappa shape index (κ2) is 62.5. The number of allylic oxidation sites excluding steroid dienone is 11. The van der Waals surface area contributed by atoms with Crippen LogP contribution in [0.5, 0.6) is 0 Å². The van der Waals surface area contributed by atoms with Crippen molar-refractivity contribution in [3.63, 3.8) is 0 Å². The normalized spacial score (nSPS) is 14.0. The molecule has 0 aliphatic carbocycles. The summed E-state index contributed by atoms with van der Waals surface area (Å²) in [4.78, 5) is 37.9. The van der Waals surface area contributed by atoms with Gasteiger partial charge in [0.25, 0.3) is 0 Å². The minimum absolute atomic E-state index is 0.0378. The van der Waals surface area contributed by atoms with E-state index in [0.717, 1.165) is 77.0 Å². The van der Waals surface area contributed by atoms with E-state index in [0.29, 0.717) is 17.4 Å². The third-order valence-corrected chi connectivity index (χ3v) is 16.6. The predicted octanol–water partition coefficient (Wildman–Crippen LogP) is 22.3. The molecule has 0 heterocycles. The fraction of sp³-hybridized carbons (Fsp3) is 0.808. The molecule has 3 unspecified atom stereocenters. The zero-order chi connectivity index (χ0) is 60.7. The Morgan fingerprint density at radius 3 is 1.13 bits per heavy atom. The first-order chi connectivity index (χ1) is 40.4. The van der Waals surface area contributed by atoms with E-state index in [9.17, 15) is 19.0 Å². The number of phosphoric ester groups is 1. The van der Waals surface area contributed by atoms with Gasteiger partial charge in [-0.3, -0.25) is 18.6 Å². The summed E-state index contributed by atoms with van der Waals surface area (Å²) in [7, 11) is 1.50. The maximum Gasteiger partial charge on any atom is 0.472 e. The number of rotatable bonds is 64. The van der Waals surface area contributed by atoms with Crippen LogP contribution >= 0.6 is 7.82 Å². The van der Waals surface area contributed by atoms with Crippen LogP contribution in [0.15, 0.2) is 72.9 Å². The molecular weight excluding hydrogens is 1050 g/mol. The van der Waals surface area contributed by atoms with Gasteiger partial charge in [0.05, 0.1) is 33.8 Å². The fourth-order valence-electron chi connectivity index (χ4n) is 10.2. The highest BCUT2D eigenvalue weighted by Gasteiger charge is 2.30. The Hall–Kier alpha value is -2.55. The number of amides is 1. The molecular formula is C73H136N2O7P+. The fourth-order valence-corrected chi connectivity index (χ4v) is 10.9. The molecule has 0 saturated carbocycles. The van der Waals surface area contributed by atoms with Gasteiger partial charge in [0.1, 0.15) is 19.3 Å². The summed E-state index contributed by atoms with van der Waals surface area (Å²) >= 11 is 0. The number of esters is 1. The summed E-state index contributed by atoms with van der Waals surface area (Å²) < 4.78 is 30.8. The van der Waals surface area contributed by atoms with Gasteiger partial charge in [-0.15, -0.1) is 0 Å². The number of hydrogen-bond acceptors (Lipinski definition) is 6. The van der Waals surface area contributed by atoms with E-state index in [1.165, 1.54) is 218 Å². The smallest absolute Gasteiger partial charge is 0.456 e. The van der Waals surface area contributed by atoms with Gasteiger partial charge < -0.3 is 19.4 Å². The van der Waals surface area contributed by atoms with Crippen LogP contribution in [0.4, 0.5) is 0 Å². The summed E-state index contributed by atoms with van der Waals surface area (Å²) in [5.74, 6) is -0.505. The number of carbonyl (C=O) groups is 2. The summed E-state index contributed by atoms with van der Waals surface area (Å²) in [5.41, 5.74) is 0. The van der Waals surface area contributed by atoms with Crippen LogP contribution in [0.25, 0.3) is 0 Å². The lowest BCUT2D eigenvalue weighted by Crippen LogP contribution is -2.47. The Morgan fingerprint density at radius 2 is 0.735 bits per heavy atom. The molecule has 0 fully saturated rings. The van der Waals surface area contributed by atoms with Crippen molar-refractivity contribution in [2.45, 2.75) is 341 Å². The molecule has 0 aliphatic heterocycles. The minimum Gasteiger partial charge on any atom is -0.456 e.